The van der Waals surface area contributed by atoms with Crippen LogP contribution in [0, 0.1) is 13.8 Å². The lowest BCUT2D eigenvalue weighted by molar-refractivity contribution is 0.0316. The average Bonchev–Trinajstić information content (AvgIpc) is 3.23. The van der Waals surface area contributed by atoms with Crippen molar-refractivity contribution in [2.45, 2.75) is 46.6 Å². The van der Waals surface area contributed by atoms with Gasteiger partial charge < -0.3 is 14.5 Å². The van der Waals surface area contributed by atoms with Crippen LogP contribution in [0.5, 0.6) is 0 Å². The summed E-state index contributed by atoms with van der Waals surface area (Å²) in [5.74, 6) is -2.73. The number of nitrogens with zero attached hydrogens (tertiary/aromatic N) is 1. The largest absolute Gasteiger partial charge is 0.465 e. The average molecular weight is 454 g/mol. The molecule has 9 heteroatoms. The smallest absolute Gasteiger partial charge is 0.339 e. The quantitative estimate of drug-likeness (QED) is 0.369. The molecule has 33 heavy (non-hydrogen) atoms. The van der Waals surface area contributed by atoms with Gasteiger partial charge in [-0.3, -0.25) is 19.3 Å². The van der Waals surface area contributed by atoms with E-state index in [2.05, 4.69) is 4.98 Å². The number of unbranched alkanes of at least 4 members (excludes halogenated alkanes) is 1. The zero-order valence-electron chi connectivity index (χ0n) is 19.2. The van der Waals surface area contributed by atoms with Crippen LogP contribution in [0.25, 0.3) is 0 Å². The third-order valence-electron chi connectivity index (χ3n) is 5.67. The third kappa shape index (κ3) is 4.30. The van der Waals surface area contributed by atoms with Crippen molar-refractivity contribution < 1.29 is 33.4 Å². The standard InChI is InChI=1S/C24H26N2O7/c1-6-7-10-26-21(28)16-9-8-15(11-17(16)22(26)29)23(30)33-14(4)20(27)19-12(2)18(13(3)25-19)24(31)32-5/h8-9,11,14,25H,6-7,10H2,1-5H3. The van der Waals surface area contributed by atoms with Crippen LogP contribution < -0.4 is 0 Å². The lowest BCUT2D eigenvalue weighted by atomic mass is 10.1. The molecule has 1 aromatic carbocycles. The van der Waals surface area contributed by atoms with Crippen molar-refractivity contribution >= 4 is 29.5 Å². The van der Waals surface area contributed by atoms with Gasteiger partial charge in [-0.05, 0) is 51.0 Å². The topological polar surface area (TPSA) is 123 Å². The lowest BCUT2D eigenvalue weighted by Crippen LogP contribution is -2.30. The molecule has 1 aliphatic heterocycles. The molecule has 1 atom stereocenters. The molecule has 2 amide bonds. The summed E-state index contributed by atoms with van der Waals surface area (Å²) in [5.41, 5.74) is 1.72. The number of esters is 2. The van der Waals surface area contributed by atoms with Crippen LogP contribution in [0.15, 0.2) is 18.2 Å². The van der Waals surface area contributed by atoms with Gasteiger partial charge in [0.15, 0.2) is 6.10 Å². The zero-order chi connectivity index (χ0) is 24.4. The number of ketones is 1. The molecule has 1 unspecified atom stereocenters. The predicted molar refractivity (Wildman–Crippen MR) is 118 cm³/mol. The fourth-order valence-electron chi connectivity index (χ4n) is 3.83. The molecule has 1 aromatic heterocycles. The maximum atomic E-state index is 12.9. The molecular weight excluding hydrogens is 428 g/mol. The van der Waals surface area contributed by atoms with Crippen molar-refractivity contribution in [1.82, 2.24) is 9.88 Å². The molecule has 2 aromatic rings. The number of aryl methyl sites for hydroxylation is 1. The number of Topliss-reactive ketones (excluding diaryl/α,β-unsaturated/α-hetero) is 1. The number of benzene rings is 1. The fraction of sp³-hybridized carbons (Fsp3) is 0.375. The molecule has 0 saturated carbocycles. The molecule has 0 bridgehead atoms. The molecule has 0 aliphatic carbocycles. The molecule has 0 saturated heterocycles. The first-order valence-electron chi connectivity index (χ1n) is 10.6. The molecule has 0 spiro atoms. The van der Waals surface area contributed by atoms with E-state index in [4.69, 9.17) is 9.47 Å². The van der Waals surface area contributed by atoms with Crippen LogP contribution in [-0.4, -0.2) is 59.2 Å². The van der Waals surface area contributed by atoms with E-state index in [-0.39, 0.29) is 33.9 Å². The summed E-state index contributed by atoms with van der Waals surface area (Å²) in [4.78, 5) is 66.6. The van der Waals surface area contributed by atoms with E-state index in [1.54, 1.807) is 13.8 Å². The first-order valence-corrected chi connectivity index (χ1v) is 10.6. The number of imide groups is 1. The number of hydrogen-bond acceptors (Lipinski definition) is 7. The summed E-state index contributed by atoms with van der Waals surface area (Å²) in [6.07, 6.45) is 0.360. The van der Waals surface area contributed by atoms with Crippen molar-refractivity contribution in [2.24, 2.45) is 0 Å². The summed E-state index contributed by atoms with van der Waals surface area (Å²) in [7, 11) is 1.25. The molecular formula is C24H26N2O7. The van der Waals surface area contributed by atoms with E-state index in [1.807, 2.05) is 6.92 Å². The van der Waals surface area contributed by atoms with Crippen LogP contribution in [0.1, 0.15) is 89.9 Å². The summed E-state index contributed by atoms with van der Waals surface area (Å²) in [6.45, 7) is 6.93. The number of aromatic nitrogens is 1. The summed E-state index contributed by atoms with van der Waals surface area (Å²) < 4.78 is 10.1. The minimum Gasteiger partial charge on any atom is -0.465 e. The second-order valence-electron chi connectivity index (χ2n) is 7.90. The maximum Gasteiger partial charge on any atom is 0.339 e. The number of methoxy groups -OCH3 is 1. The molecule has 9 nitrogen and oxygen atoms in total. The van der Waals surface area contributed by atoms with Gasteiger partial charge in [-0.25, -0.2) is 9.59 Å². The highest BCUT2D eigenvalue weighted by Crippen LogP contribution is 2.25. The van der Waals surface area contributed by atoms with E-state index in [1.165, 1.54) is 37.1 Å². The number of fused-ring (bicyclic) bond motifs is 1. The normalized spacial score (nSPS) is 13.7. The van der Waals surface area contributed by atoms with Crippen molar-refractivity contribution in [3.8, 4) is 0 Å². The predicted octanol–water partition coefficient (Wildman–Crippen LogP) is 3.24. The minimum absolute atomic E-state index is 0.0570. The minimum atomic E-state index is -1.16. The first kappa shape index (κ1) is 23.9. The van der Waals surface area contributed by atoms with Crippen molar-refractivity contribution in [2.75, 3.05) is 13.7 Å². The number of nitrogens with one attached hydrogen (secondary N) is 1. The summed E-state index contributed by atoms with van der Waals surface area (Å²) in [6, 6.07) is 4.14. The van der Waals surface area contributed by atoms with Crippen molar-refractivity contribution in [1.29, 1.82) is 0 Å². The highest BCUT2D eigenvalue weighted by molar-refractivity contribution is 6.22. The first-order chi connectivity index (χ1) is 15.6. The number of ether oxygens (including phenoxy) is 2. The Morgan fingerprint density at radius 2 is 1.73 bits per heavy atom. The van der Waals surface area contributed by atoms with Gasteiger partial charge in [-0.15, -0.1) is 0 Å². The van der Waals surface area contributed by atoms with E-state index >= 15 is 0 Å². The van der Waals surface area contributed by atoms with Gasteiger partial charge in [-0.1, -0.05) is 13.3 Å². The van der Waals surface area contributed by atoms with Crippen molar-refractivity contribution in [3.63, 3.8) is 0 Å². The van der Waals surface area contributed by atoms with Crippen LogP contribution >= 0.6 is 0 Å². The Hall–Kier alpha value is -3.75. The SMILES string of the molecule is CCCCN1C(=O)c2ccc(C(=O)OC(C)C(=O)c3[nH]c(C)c(C(=O)OC)c3C)cc2C1=O. The van der Waals surface area contributed by atoms with Gasteiger partial charge in [0.2, 0.25) is 5.78 Å². The molecule has 174 valence electrons. The van der Waals surface area contributed by atoms with E-state index in [0.717, 1.165) is 6.42 Å². The number of rotatable bonds is 8. The van der Waals surface area contributed by atoms with Gasteiger partial charge >= 0.3 is 11.9 Å². The molecule has 1 aliphatic rings. The van der Waals surface area contributed by atoms with Gasteiger partial charge in [-0.2, -0.15) is 0 Å². The number of carbonyl (C=O) groups excluding carboxylic acids is 5. The lowest BCUT2D eigenvalue weighted by Gasteiger charge is -2.13. The van der Waals surface area contributed by atoms with Crippen molar-refractivity contribution in [3.05, 3.63) is 57.4 Å². The van der Waals surface area contributed by atoms with Gasteiger partial charge in [0.05, 0.1) is 35.1 Å². The van der Waals surface area contributed by atoms with Crippen LogP contribution in [0.2, 0.25) is 0 Å². The van der Waals surface area contributed by atoms with Gasteiger partial charge in [0.25, 0.3) is 11.8 Å². The van der Waals surface area contributed by atoms with Crippen LogP contribution in [-0.2, 0) is 9.47 Å². The Balaban J connectivity index is 1.77. The highest BCUT2D eigenvalue weighted by Gasteiger charge is 2.36. The van der Waals surface area contributed by atoms with Crippen LogP contribution in [0.3, 0.4) is 0 Å². The van der Waals surface area contributed by atoms with Crippen LogP contribution in [0.4, 0.5) is 0 Å². The Morgan fingerprint density at radius 3 is 2.36 bits per heavy atom. The van der Waals surface area contributed by atoms with E-state index in [9.17, 15) is 24.0 Å². The van der Waals surface area contributed by atoms with Gasteiger partial charge in [0, 0.05) is 12.2 Å². The summed E-state index contributed by atoms with van der Waals surface area (Å²) >= 11 is 0. The Bertz CT molecular complexity index is 1160. The third-order valence-corrected chi connectivity index (χ3v) is 5.67. The fourth-order valence-corrected chi connectivity index (χ4v) is 3.83. The molecule has 2 heterocycles. The molecule has 1 N–H and O–H groups in total. The Labute approximate surface area is 191 Å². The number of aromatic amines is 1. The number of amides is 2. The second-order valence-corrected chi connectivity index (χ2v) is 7.90. The second kappa shape index (κ2) is 9.40. The maximum absolute atomic E-state index is 12.9. The number of carbonyl (C=O) groups is 5. The zero-order valence-corrected chi connectivity index (χ0v) is 19.2. The number of H-pyrrole nitrogens is 1. The monoisotopic (exact) mass is 454 g/mol. The van der Waals surface area contributed by atoms with Gasteiger partial charge in [0.1, 0.15) is 0 Å². The summed E-state index contributed by atoms with van der Waals surface area (Å²) in [5, 5.41) is 0. The van der Waals surface area contributed by atoms with E-state index < -0.39 is 29.7 Å². The Morgan fingerprint density at radius 1 is 1.06 bits per heavy atom. The molecule has 0 fully saturated rings. The highest BCUT2D eigenvalue weighted by atomic mass is 16.5. The molecule has 0 radical (unpaired) electrons. The number of hydrogen-bond donors (Lipinski definition) is 1. The van der Waals surface area contributed by atoms with E-state index in [0.29, 0.717) is 24.2 Å². The Kier molecular flexibility index (Phi) is 6.81. The molecule has 3 rings (SSSR count).